The van der Waals surface area contributed by atoms with Crippen LogP contribution in [0.3, 0.4) is 0 Å². The Morgan fingerprint density at radius 2 is 2.22 bits per heavy atom. The fourth-order valence-corrected chi connectivity index (χ4v) is 1.93. The quantitative estimate of drug-likeness (QED) is 0.441. The molecule has 0 saturated heterocycles. The highest BCUT2D eigenvalue weighted by molar-refractivity contribution is 5.94. The van der Waals surface area contributed by atoms with Gasteiger partial charge in [-0.15, -0.1) is 0 Å². The van der Waals surface area contributed by atoms with E-state index in [1.807, 2.05) is 45.6 Å². The summed E-state index contributed by atoms with van der Waals surface area (Å²) in [7, 11) is 0. The normalized spacial score (nSPS) is 22.4. The summed E-state index contributed by atoms with van der Waals surface area (Å²) in [5.74, 6) is 0. The SMILES string of the molecule is CC1=CC(C)=NC(C)N1/C=N\CC(O)NC(C)C. The number of allylic oxidation sites excluding steroid dienone is 2. The topological polar surface area (TPSA) is 60.2 Å². The highest BCUT2D eigenvalue weighted by Crippen LogP contribution is 2.13. The molecular weight excluding hydrogens is 228 g/mol. The summed E-state index contributed by atoms with van der Waals surface area (Å²) in [5.41, 5.74) is 2.15. The zero-order valence-corrected chi connectivity index (χ0v) is 11.9. The molecule has 1 rings (SSSR count). The van der Waals surface area contributed by atoms with Gasteiger partial charge in [0.15, 0.2) is 0 Å². The number of aliphatic imine (C=N–C) groups is 2. The van der Waals surface area contributed by atoms with Crippen molar-refractivity contribution in [3.05, 3.63) is 11.8 Å². The van der Waals surface area contributed by atoms with E-state index >= 15 is 0 Å². The zero-order chi connectivity index (χ0) is 13.7. The first-order valence-corrected chi connectivity index (χ1v) is 6.35. The number of aliphatic hydroxyl groups is 1. The summed E-state index contributed by atoms with van der Waals surface area (Å²) in [6, 6.07) is 0.248. The molecule has 1 aliphatic rings. The van der Waals surface area contributed by atoms with Crippen molar-refractivity contribution in [2.75, 3.05) is 6.54 Å². The lowest BCUT2D eigenvalue weighted by Crippen LogP contribution is -2.37. The first-order valence-electron chi connectivity index (χ1n) is 6.35. The summed E-state index contributed by atoms with van der Waals surface area (Å²) >= 11 is 0. The van der Waals surface area contributed by atoms with Gasteiger partial charge in [0.25, 0.3) is 0 Å². The third-order valence-corrected chi connectivity index (χ3v) is 2.63. The van der Waals surface area contributed by atoms with Crippen molar-refractivity contribution in [3.63, 3.8) is 0 Å². The highest BCUT2D eigenvalue weighted by atomic mass is 16.3. The van der Waals surface area contributed by atoms with E-state index < -0.39 is 6.23 Å². The van der Waals surface area contributed by atoms with Crippen LogP contribution in [0.1, 0.15) is 34.6 Å². The number of nitrogens with one attached hydrogen (secondary N) is 1. The molecule has 0 bridgehead atoms. The van der Waals surface area contributed by atoms with E-state index in [4.69, 9.17) is 0 Å². The van der Waals surface area contributed by atoms with Crippen LogP contribution in [-0.4, -0.2) is 47.0 Å². The van der Waals surface area contributed by atoms with Gasteiger partial charge in [0.05, 0.1) is 12.9 Å². The van der Waals surface area contributed by atoms with E-state index in [9.17, 15) is 5.11 Å². The maximum atomic E-state index is 9.64. The van der Waals surface area contributed by atoms with Gasteiger partial charge in [-0.05, 0) is 40.7 Å². The Morgan fingerprint density at radius 3 is 2.78 bits per heavy atom. The van der Waals surface area contributed by atoms with Crippen LogP contribution in [0.4, 0.5) is 0 Å². The van der Waals surface area contributed by atoms with E-state index in [1.165, 1.54) is 0 Å². The lowest BCUT2D eigenvalue weighted by Gasteiger charge is -2.28. The van der Waals surface area contributed by atoms with Crippen molar-refractivity contribution in [1.82, 2.24) is 10.2 Å². The first-order chi connectivity index (χ1) is 8.40. The van der Waals surface area contributed by atoms with Crippen LogP contribution in [0.25, 0.3) is 0 Å². The van der Waals surface area contributed by atoms with Crippen molar-refractivity contribution in [2.45, 2.75) is 53.1 Å². The average molecular weight is 252 g/mol. The summed E-state index contributed by atoms with van der Waals surface area (Å²) in [5, 5.41) is 12.6. The summed E-state index contributed by atoms with van der Waals surface area (Å²) in [4.78, 5) is 10.7. The molecule has 1 heterocycles. The van der Waals surface area contributed by atoms with Crippen LogP contribution >= 0.6 is 0 Å². The molecule has 0 saturated carbocycles. The van der Waals surface area contributed by atoms with Crippen molar-refractivity contribution in [1.29, 1.82) is 0 Å². The van der Waals surface area contributed by atoms with Gasteiger partial charge in [-0.25, -0.2) is 0 Å². The summed E-state index contributed by atoms with van der Waals surface area (Å²) < 4.78 is 0. The molecule has 0 amide bonds. The number of rotatable bonds is 5. The molecular formula is C13H24N4O. The molecule has 2 unspecified atom stereocenters. The fourth-order valence-electron chi connectivity index (χ4n) is 1.93. The maximum absolute atomic E-state index is 9.64. The first kappa shape index (κ1) is 14.9. The van der Waals surface area contributed by atoms with Crippen LogP contribution in [0.5, 0.6) is 0 Å². The van der Waals surface area contributed by atoms with E-state index in [-0.39, 0.29) is 12.2 Å². The Morgan fingerprint density at radius 1 is 1.56 bits per heavy atom. The molecule has 5 heteroatoms. The van der Waals surface area contributed by atoms with Gasteiger partial charge in [0, 0.05) is 17.5 Å². The molecule has 0 aliphatic carbocycles. The lowest BCUT2D eigenvalue weighted by atomic mass is 10.2. The van der Waals surface area contributed by atoms with Gasteiger partial charge >= 0.3 is 0 Å². The highest BCUT2D eigenvalue weighted by Gasteiger charge is 2.15. The van der Waals surface area contributed by atoms with Crippen molar-refractivity contribution in [2.24, 2.45) is 9.98 Å². The molecule has 5 nitrogen and oxygen atoms in total. The van der Waals surface area contributed by atoms with Gasteiger partial charge in [-0.2, -0.15) is 0 Å². The molecule has 0 spiro atoms. The molecule has 0 aromatic rings. The molecule has 0 radical (unpaired) electrons. The van der Waals surface area contributed by atoms with Crippen LogP contribution in [0.2, 0.25) is 0 Å². The van der Waals surface area contributed by atoms with Gasteiger partial charge in [-0.1, -0.05) is 0 Å². The van der Waals surface area contributed by atoms with E-state index in [2.05, 4.69) is 15.3 Å². The van der Waals surface area contributed by atoms with Crippen LogP contribution < -0.4 is 5.32 Å². The Kier molecular flexibility index (Phi) is 5.50. The molecule has 0 aromatic carbocycles. The van der Waals surface area contributed by atoms with E-state index in [1.54, 1.807) is 6.34 Å². The fraction of sp³-hybridized carbons (Fsp3) is 0.692. The molecule has 0 fully saturated rings. The van der Waals surface area contributed by atoms with Crippen molar-refractivity contribution < 1.29 is 5.11 Å². The predicted octanol–water partition coefficient (Wildman–Crippen LogP) is 1.36. The third-order valence-electron chi connectivity index (χ3n) is 2.63. The van der Waals surface area contributed by atoms with Gasteiger partial charge in [0.1, 0.15) is 12.4 Å². The van der Waals surface area contributed by atoms with E-state index in [0.717, 1.165) is 11.4 Å². The number of nitrogens with zero attached hydrogens (tertiary/aromatic N) is 3. The Hall–Kier alpha value is -1.20. The number of aliphatic hydroxyl groups excluding tert-OH is 1. The van der Waals surface area contributed by atoms with E-state index in [0.29, 0.717) is 6.54 Å². The number of hydrogen-bond acceptors (Lipinski definition) is 4. The minimum Gasteiger partial charge on any atom is -0.377 e. The molecule has 2 atom stereocenters. The third kappa shape index (κ3) is 4.58. The van der Waals surface area contributed by atoms with Crippen molar-refractivity contribution >= 4 is 12.1 Å². The summed E-state index contributed by atoms with van der Waals surface area (Å²) in [6.07, 6.45) is 3.23. The monoisotopic (exact) mass is 252 g/mol. The Labute approximate surface area is 109 Å². The Balaban J connectivity index is 2.50. The standard InChI is InChI=1S/C13H24N4O/c1-9(2)15-13(18)7-14-8-17-11(4)6-10(3)16-12(17)5/h6,8-9,12-13,15,18H,7H2,1-5H3/b14-8-. The van der Waals surface area contributed by atoms with Crippen LogP contribution in [-0.2, 0) is 0 Å². The minimum atomic E-state index is -0.601. The Bertz CT molecular complexity index is 360. The second kappa shape index (κ2) is 6.66. The molecule has 2 N–H and O–H groups in total. The van der Waals surface area contributed by atoms with Crippen LogP contribution in [0, 0.1) is 0 Å². The van der Waals surface area contributed by atoms with Gasteiger partial charge in [-0.3, -0.25) is 15.3 Å². The largest absolute Gasteiger partial charge is 0.377 e. The lowest BCUT2D eigenvalue weighted by molar-refractivity contribution is 0.136. The van der Waals surface area contributed by atoms with Crippen molar-refractivity contribution in [3.8, 4) is 0 Å². The second-order valence-electron chi connectivity index (χ2n) is 4.91. The van der Waals surface area contributed by atoms with Gasteiger partial charge < -0.3 is 10.0 Å². The molecule has 0 aromatic heterocycles. The average Bonchev–Trinajstić information content (AvgIpc) is 2.20. The maximum Gasteiger partial charge on any atom is 0.124 e. The molecule has 102 valence electrons. The van der Waals surface area contributed by atoms with Gasteiger partial charge in [0.2, 0.25) is 0 Å². The van der Waals surface area contributed by atoms with Crippen LogP contribution in [0.15, 0.2) is 21.8 Å². The minimum absolute atomic E-state index is 0.0638. The molecule has 18 heavy (non-hydrogen) atoms. The number of hydrogen-bond donors (Lipinski definition) is 2. The zero-order valence-electron chi connectivity index (χ0n) is 11.9. The predicted molar refractivity (Wildman–Crippen MR) is 75.8 cm³/mol. The summed E-state index contributed by atoms with van der Waals surface area (Å²) in [6.45, 7) is 10.4. The smallest absolute Gasteiger partial charge is 0.124 e. The second-order valence-corrected chi connectivity index (χ2v) is 4.91. The molecule has 1 aliphatic heterocycles.